The normalized spacial score (nSPS) is 10.6. The summed E-state index contributed by atoms with van der Waals surface area (Å²) in [6.45, 7) is 0. The molecule has 2 heterocycles. The summed E-state index contributed by atoms with van der Waals surface area (Å²) in [5.41, 5.74) is 3.55. The lowest BCUT2D eigenvalue weighted by Crippen LogP contribution is -2.11. The van der Waals surface area contributed by atoms with Crippen molar-refractivity contribution >= 4 is 34.5 Å². The molecular formula is C20H15N3O2S2. The van der Waals surface area contributed by atoms with Gasteiger partial charge >= 0.3 is 0 Å². The zero-order valence-corrected chi connectivity index (χ0v) is 16.0. The first-order valence-corrected chi connectivity index (χ1v) is 9.82. The Balaban J connectivity index is 1.55. The molecule has 1 amide bonds. The molecule has 0 saturated heterocycles. The third-order valence-corrected chi connectivity index (χ3v) is 5.65. The van der Waals surface area contributed by atoms with Crippen molar-refractivity contribution in [2.24, 2.45) is 0 Å². The van der Waals surface area contributed by atoms with Crippen molar-refractivity contribution < 1.29 is 9.53 Å². The van der Waals surface area contributed by atoms with Gasteiger partial charge in [-0.15, -0.1) is 16.4 Å². The van der Waals surface area contributed by atoms with Crippen LogP contribution in [0.1, 0.15) is 9.67 Å². The maximum Gasteiger partial charge on any atom is 0.269 e. The van der Waals surface area contributed by atoms with Gasteiger partial charge in [0.15, 0.2) is 0 Å². The fraction of sp³-hybridized carbons (Fsp3) is 0.0500. The van der Waals surface area contributed by atoms with Crippen LogP contribution >= 0.6 is 22.9 Å². The van der Waals surface area contributed by atoms with Gasteiger partial charge in [0.05, 0.1) is 7.11 Å². The molecule has 0 bridgehead atoms. The van der Waals surface area contributed by atoms with E-state index in [2.05, 4.69) is 14.9 Å². The average Bonchev–Trinajstić information content (AvgIpc) is 3.39. The SMILES string of the molecule is COc1cc(-c2ccccc2)sc1C(=O)Nc1ccc(-c2csnn2)cc1. The van der Waals surface area contributed by atoms with E-state index in [-0.39, 0.29) is 5.91 Å². The molecule has 4 aromatic rings. The van der Waals surface area contributed by atoms with Gasteiger partial charge in [-0.25, -0.2) is 0 Å². The summed E-state index contributed by atoms with van der Waals surface area (Å²) in [5.74, 6) is 0.378. The summed E-state index contributed by atoms with van der Waals surface area (Å²) < 4.78 is 9.27. The van der Waals surface area contributed by atoms with E-state index in [1.54, 1.807) is 7.11 Å². The molecule has 0 radical (unpaired) electrons. The first-order valence-electron chi connectivity index (χ1n) is 8.16. The van der Waals surface area contributed by atoms with Crippen LogP contribution in [0.25, 0.3) is 21.7 Å². The number of nitrogens with one attached hydrogen (secondary N) is 1. The average molecular weight is 393 g/mol. The van der Waals surface area contributed by atoms with Gasteiger partial charge in [-0.1, -0.05) is 47.0 Å². The van der Waals surface area contributed by atoms with Crippen LogP contribution in [0.2, 0.25) is 0 Å². The fourth-order valence-corrected chi connectivity index (χ4v) is 4.12. The highest BCUT2D eigenvalue weighted by molar-refractivity contribution is 7.17. The Morgan fingerprint density at radius 1 is 1.04 bits per heavy atom. The van der Waals surface area contributed by atoms with E-state index in [0.717, 1.165) is 21.7 Å². The van der Waals surface area contributed by atoms with Crippen molar-refractivity contribution in [1.82, 2.24) is 9.59 Å². The predicted octanol–water partition coefficient (Wildman–Crippen LogP) is 5.19. The van der Waals surface area contributed by atoms with E-state index in [0.29, 0.717) is 16.3 Å². The Morgan fingerprint density at radius 2 is 1.81 bits per heavy atom. The number of ether oxygens (including phenoxy) is 1. The molecule has 1 N–H and O–H groups in total. The second-order valence-corrected chi connectivity index (χ2v) is 7.36. The summed E-state index contributed by atoms with van der Waals surface area (Å²) >= 11 is 2.72. The molecular weight excluding hydrogens is 378 g/mol. The number of aromatic nitrogens is 2. The van der Waals surface area contributed by atoms with Crippen molar-refractivity contribution in [1.29, 1.82) is 0 Å². The number of thiophene rings is 1. The third-order valence-electron chi connectivity index (χ3n) is 3.98. The summed E-state index contributed by atoms with van der Waals surface area (Å²) in [6, 6.07) is 19.4. The fourth-order valence-electron chi connectivity index (χ4n) is 2.63. The van der Waals surface area contributed by atoms with Gasteiger partial charge in [0.1, 0.15) is 16.3 Å². The Kier molecular flexibility index (Phi) is 4.95. The molecule has 2 aromatic heterocycles. The van der Waals surface area contributed by atoms with Gasteiger partial charge in [0.25, 0.3) is 5.91 Å². The summed E-state index contributed by atoms with van der Waals surface area (Å²) in [4.78, 5) is 14.3. The molecule has 0 atom stereocenters. The quantitative estimate of drug-likeness (QED) is 0.506. The highest BCUT2D eigenvalue weighted by atomic mass is 32.1. The lowest BCUT2D eigenvalue weighted by atomic mass is 10.1. The summed E-state index contributed by atoms with van der Waals surface area (Å²) in [6.07, 6.45) is 0. The topological polar surface area (TPSA) is 64.1 Å². The number of nitrogens with zero attached hydrogens (tertiary/aromatic N) is 2. The summed E-state index contributed by atoms with van der Waals surface area (Å²) in [5, 5.41) is 8.86. The third kappa shape index (κ3) is 3.74. The first kappa shape index (κ1) is 17.4. The number of hydrogen-bond donors (Lipinski definition) is 1. The van der Waals surface area contributed by atoms with Gasteiger partial charge < -0.3 is 10.1 Å². The molecule has 0 aliphatic rings. The zero-order valence-electron chi connectivity index (χ0n) is 14.4. The second kappa shape index (κ2) is 7.69. The maximum atomic E-state index is 12.8. The molecule has 0 unspecified atom stereocenters. The van der Waals surface area contributed by atoms with Crippen LogP contribution in [0.15, 0.2) is 66.0 Å². The highest BCUT2D eigenvalue weighted by Gasteiger charge is 2.18. The van der Waals surface area contributed by atoms with Crippen LogP contribution in [-0.4, -0.2) is 22.6 Å². The van der Waals surface area contributed by atoms with Crippen molar-refractivity contribution in [2.45, 2.75) is 0 Å². The van der Waals surface area contributed by atoms with E-state index >= 15 is 0 Å². The molecule has 7 heteroatoms. The van der Waals surface area contributed by atoms with Crippen LogP contribution in [-0.2, 0) is 0 Å². The van der Waals surface area contributed by atoms with Gasteiger partial charge in [0, 0.05) is 21.5 Å². The van der Waals surface area contributed by atoms with Gasteiger partial charge in [-0.2, -0.15) is 0 Å². The molecule has 134 valence electrons. The minimum Gasteiger partial charge on any atom is -0.495 e. The van der Waals surface area contributed by atoms with Crippen molar-refractivity contribution in [3.63, 3.8) is 0 Å². The molecule has 0 fully saturated rings. The molecule has 0 saturated carbocycles. The van der Waals surface area contributed by atoms with E-state index in [4.69, 9.17) is 4.74 Å². The van der Waals surface area contributed by atoms with E-state index in [1.165, 1.54) is 22.9 Å². The lowest BCUT2D eigenvalue weighted by Gasteiger charge is -2.06. The van der Waals surface area contributed by atoms with Crippen LogP contribution in [0.5, 0.6) is 5.75 Å². The van der Waals surface area contributed by atoms with Crippen LogP contribution < -0.4 is 10.1 Å². The number of hydrogen-bond acceptors (Lipinski definition) is 6. The Hall–Kier alpha value is -3.03. The van der Waals surface area contributed by atoms with E-state index < -0.39 is 0 Å². The minimum absolute atomic E-state index is 0.192. The molecule has 0 spiro atoms. The Bertz CT molecular complexity index is 1040. The number of rotatable bonds is 5. The minimum atomic E-state index is -0.192. The standard InChI is InChI=1S/C20H15N3O2S2/c1-25-17-11-18(14-5-3-2-4-6-14)27-19(17)20(24)21-15-9-7-13(8-10-15)16-12-26-23-22-16/h2-12H,1H3,(H,21,24). The molecule has 0 aliphatic heterocycles. The van der Waals surface area contributed by atoms with Crippen molar-refractivity contribution in [2.75, 3.05) is 12.4 Å². The number of benzene rings is 2. The van der Waals surface area contributed by atoms with Crippen LogP contribution in [0, 0.1) is 0 Å². The highest BCUT2D eigenvalue weighted by Crippen LogP contribution is 2.36. The maximum absolute atomic E-state index is 12.8. The van der Waals surface area contributed by atoms with E-state index in [9.17, 15) is 4.79 Å². The lowest BCUT2D eigenvalue weighted by molar-refractivity contribution is 0.102. The number of amides is 1. The number of anilines is 1. The second-order valence-electron chi connectivity index (χ2n) is 5.70. The molecule has 4 rings (SSSR count). The van der Waals surface area contributed by atoms with E-state index in [1.807, 2.05) is 66.0 Å². The van der Waals surface area contributed by atoms with Crippen LogP contribution in [0.3, 0.4) is 0 Å². The van der Waals surface area contributed by atoms with Crippen molar-refractivity contribution in [3.05, 3.63) is 70.9 Å². The molecule has 2 aromatic carbocycles. The summed E-state index contributed by atoms with van der Waals surface area (Å²) in [7, 11) is 1.57. The van der Waals surface area contributed by atoms with Gasteiger partial charge in [-0.05, 0) is 35.3 Å². The number of carbonyl (C=O) groups excluding carboxylic acids is 1. The zero-order chi connectivity index (χ0) is 18.6. The number of methoxy groups -OCH3 is 1. The molecule has 0 aliphatic carbocycles. The largest absolute Gasteiger partial charge is 0.495 e. The van der Waals surface area contributed by atoms with Gasteiger partial charge in [0.2, 0.25) is 0 Å². The van der Waals surface area contributed by atoms with Crippen molar-refractivity contribution in [3.8, 4) is 27.4 Å². The monoisotopic (exact) mass is 393 g/mol. The first-order chi connectivity index (χ1) is 13.2. The number of carbonyl (C=O) groups is 1. The molecule has 5 nitrogen and oxygen atoms in total. The van der Waals surface area contributed by atoms with Gasteiger partial charge in [-0.3, -0.25) is 4.79 Å². The van der Waals surface area contributed by atoms with Crippen LogP contribution in [0.4, 0.5) is 5.69 Å². The Labute approximate surface area is 164 Å². The smallest absolute Gasteiger partial charge is 0.269 e. The predicted molar refractivity (Wildman–Crippen MR) is 110 cm³/mol. The Morgan fingerprint density at radius 3 is 2.48 bits per heavy atom. The molecule has 27 heavy (non-hydrogen) atoms.